The summed E-state index contributed by atoms with van der Waals surface area (Å²) in [6.07, 6.45) is 0.744. The number of thiol groups is 1. The Balaban J connectivity index is 1.99. The lowest BCUT2D eigenvalue weighted by Gasteiger charge is -2.06. The second-order valence-electron chi connectivity index (χ2n) is 4.64. The summed E-state index contributed by atoms with van der Waals surface area (Å²) >= 11 is 5.89. The van der Waals surface area contributed by atoms with E-state index < -0.39 is 0 Å². The van der Waals surface area contributed by atoms with Crippen molar-refractivity contribution in [2.45, 2.75) is 11.3 Å². The monoisotopic (exact) mass is 298 g/mol. The average Bonchev–Trinajstić information content (AvgIpc) is 2.83. The molecule has 0 bridgehead atoms. The molecule has 1 N–H and O–H groups in total. The molecule has 100 valence electrons. The van der Waals surface area contributed by atoms with Gasteiger partial charge in [-0.25, -0.2) is 0 Å². The van der Waals surface area contributed by atoms with Gasteiger partial charge in [0.1, 0.15) is 5.75 Å². The molecule has 3 heteroatoms. The van der Waals surface area contributed by atoms with Crippen molar-refractivity contribution in [2.75, 3.05) is 0 Å². The van der Waals surface area contributed by atoms with Crippen LogP contribution in [0.5, 0.6) is 5.75 Å². The highest BCUT2D eigenvalue weighted by Gasteiger charge is 2.13. The lowest BCUT2D eigenvalue weighted by molar-refractivity contribution is 0.472. The first-order valence-electron chi connectivity index (χ1n) is 6.36. The van der Waals surface area contributed by atoms with E-state index in [1.165, 1.54) is 5.56 Å². The highest BCUT2D eigenvalue weighted by molar-refractivity contribution is 7.80. The fraction of sp³-hybridized carbons (Fsp3) is 0.0588. The SMILES string of the molecule is Oc1csc(-c2ccc(S)cc2)c1Cc1ccccc1. The maximum absolute atomic E-state index is 10.1. The summed E-state index contributed by atoms with van der Waals surface area (Å²) in [5, 5.41) is 11.9. The smallest absolute Gasteiger partial charge is 0.130 e. The van der Waals surface area contributed by atoms with Crippen LogP contribution in [0.4, 0.5) is 0 Å². The van der Waals surface area contributed by atoms with Gasteiger partial charge in [-0.1, -0.05) is 42.5 Å². The normalized spacial score (nSPS) is 10.7. The van der Waals surface area contributed by atoms with E-state index in [9.17, 15) is 5.11 Å². The van der Waals surface area contributed by atoms with Crippen LogP contribution in [0.25, 0.3) is 10.4 Å². The highest BCUT2D eigenvalue weighted by Crippen LogP contribution is 2.38. The van der Waals surface area contributed by atoms with E-state index in [1.54, 1.807) is 11.3 Å². The van der Waals surface area contributed by atoms with E-state index in [0.29, 0.717) is 5.75 Å². The van der Waals surface area contributed by atoms with Crippen LogP contribution in [0.2, 0.25) is 0 Å². The van der Waals surface area contributed by atoms with Crippen LogP contribution in [-0.2, 0) is 6.42 Å². The van der Waals surface area contributed by atoms with Gasteiger partial charge in [0.2, 0.25) is 0 Å². The molecule has 20 heavy (non-hydrogen) atoms. The fourth-order valence-corrected chi connectivity index (χ4v) is 3.31. The van der Waals surface area contributed by atoms with E-state index >= 15 is 0 Å². The first-order chi connectivity index (χ1) is 9.74. The molecule has 3 aromatic rings. The van der Waals surface area contributed by atoms with Crippen LogP contribution in [0, 0.1) is 0 Å². The van der Waals surface area contributed by atoms with Crippen LogP contribution in [0.1, 0.15) is 11.1 Å². The van der Waals surface area contributed by atoms with Gasteiger partial charge in [0.15, 0.2) is 0 Å². The maximum Gasteiger partial charge on any atom is 0.130 e. The second kappa shape index (κ2) is 5.73. The molecular weight excluding hydrogens is 284 g/mol. The molecule has 0 unspecified atom stereocenters. The highest BCUT2D eigenvalue weighted by atomic mass is 32.1. The number of benzene rings is 2. The molecule has 3 rings (SSSR count). The molecule has 1 heterocycles. The third-order valence-corrected chi connectivity index (χ3v) is 4.58. The summed E-state index contributed by atoms with van der Waals surface area (Å²) in [5.41, 5.74) is 3.32. The quantitative estimate of drug-likeness (QED) is 0.652. The van der Waals surface area contributed by atoms with Gasteiger partial charge in [-0.3, -0.25) is 0 Å². The van der Waals surface area contributed by atoms with Crippen LogP contribution >= 0.6 is 24.0 Å². The topological polar surface area (TPSA) is 20.2 Å². The lowest BCUT2D eigenvalue weighted by Crippen LogP contribution is -1.88. The predicted octanol–water partition coefficient (Wildman–Crippen LogP) is 5.00. The van der Waals surface area contributed by atoms with Crippen LogP contribution in [-0.4, -0.2) is 5.11 Å². The van der Waals surface area contributed by atoms with Gasteiger partial charge in [0, 0.05) is 27.1 Å². The van der Waals surface area contributed by atoms with E-state index in [4.69, 9.17) is 0 Å². The Morgan fingerprint density at radius 3 is 2.35 bits per heavy atom. The van der Waals surface area contributed by atoms with Crippen molar-refractivity contribution in [1.82, 2.24) is 0 Å². The molecule has 0 fully saturated rings. The Hall–Kier alpha value is -1.71. The van der Waals surface area contributed by atoms with Gasteiger partial charge in [-0.05, 0) is 23.3 Å². The Bertz CT molecular complexity index is 700. The number of thiophene rings is 1. The minimum absolute atomic E-state index is 0.379. The molecular formula is C17H14OS2. The van der Waals surface area contributed by atoms with Crippen LogP contribution in [0.3, 0.4) is 0 Å². The summed E-state index contributed by atoms with van der Waals surface area (Å²) < 4.78 is 0. The third kappa shape index (κ3) is 2.74. The first kappa shape index (κ1) is 13.3. The largest absolute Gasteiger partial charge is 0.507 e. The Morgan fingerprint density at radius 2 is 1.65 bits per heavy atom. The minimum atomic E-state index is 0.379. The molecule has 2 aromatic carbocycles. The molecule has 0 aliphatic carbocycles. The third-order valence-electron chi connectivity index (χ3n) is 3.22. The summed E-state index contributed by atoms with van der Waals surface area (Å²) in [4.78, 5) is 2.07. The number of rotatable bonds is 3. The van der Waals surface area contributed by atoms with E-state index in [2.05, 4.69) is 24.8 Å². The van der Waals surface area contributed by atoms with Crippen molar-refractivity contribution in [1.29, 1.82) is 0 Å². The number of hydrogen-bond acceptors (Lipinski definition) is 3. The first-order valence-corrected chi connectivity index (χ1v) is 7.69. The van der Waals surface area contributed by atoms with Crippen molar-refractivity contribution in [3.63, 3.8) is 0 Å². The molecule has 0 aliphatic heterocycles. The molecule has 1 aromatic heterocycles. The lowest BCUT2D eigenvalue weighted by atomic mass is 10.0. The Labute approximate surface area is 128 Å². The standard InChI is InChI=1S/C17H14OS2/c18-16-11-20-17(13-6-8-14(19)9-7-13)15(16)10-12-4-2-1-3-5-12/h1-9,11,18-19H,10H2. The Morgan fingerprint density at radius 1 is 0.950 bits per heavy atom. The van der Waals surface area contributed by atoms with E-state index in [1.807, 2.05) is 47.8 Å². The second-order valence-corrected chi connectivity index (χ2v) is 6.03. The summed E-state index contributed by atoms with van der Waals surface area (Å²) in [6, 6.07) is 18.2. The number of hydrogen-bond donors (Lipinski definition) is 2. The van der Waals surface area contributed by atoms with E-state index in [-0.39, 0.29) is 0 Å². The zero-order chi connectivity index (χ0) is 13.9. The molecule has 0 radical (unpaired) electrons. The molecule has 0 amide bonds. The Kier molecular flexibility index (Phi) is 3.81. The maximum atomic E-state index is 10.1. The summed E-state index contributed by atoms with van der Waals surface area (Å²) in [6.45, 7) is 0. The molecule has 0 spiro atoms. The van der Waals surface area contributed by atoms with Gasteiger partial charge in [-0.2, -0.15) is 0 Å². The van der Waals surface area contributed by atoms with Gasteiger partial charge >= 0.3 is 0 Å². The fourth-order valence-electron chi connectivity index (χ4n) is 2.20. The molecule has 1 nitrogen and oxygen atoms in total. The van der Waals surface area contributed by atoms with Crippen molar-refractivity contribution < 1.29 is 5.11 Å². The van der Waals surface area contributed by atoms with Gasteiger partial charge in [0.25, 0.3) is 0 Å². The zero-order valence-electron chi connectivity index (χ0n) is 10.8. The van der Waals surface area contributed by atoms with Gasteiger partial charge in [-0.15, -0.1) is 24.0 Å². The minimum Gasteiger partial charge on any atom is -0.507 e. The molecule has 0 atom stereocenters. The number of aromatic hydroxyl groups is 1. The molecule has 0 saturated heterocycles. The van der Waals surface area contributed by atoms with Crippen molar-refractivity contribution in [3.05, 3.63) is 71.1 Å². The van der Waals surface area contributed by atoms with Crippen molar-refractivity contribution >= 4 is 24.0 Å². The predicted molar refractivity (Wildman–Crippen MR) is 87.9 cm³/mol. The molecule has 0 aliphatic rings. The molecule has 0 saturated carbocycles. The summed E-state index contributed by atoms with van der Waals surface area (Å²) in [5.74, 6) is 0.379. The van der Waals surface area contributed by atoms with Gasteiger partial charge < -0.3 is 5.11 Å². The van der Waals surface area contributed by atoms with Crippen molar-refractivity contribution in [3.8, 4) is 16.2 Å². The average molecular weight is 298 g/mol. The van der Waals surface area contributed by atoms with Crippen LogP contribution < -0.4 is 0 Å². The van der Waals surface area contributed by atoms with Crippen LogP contribution in [0.15, 0.2) is 64.9 Å². The van der Waals surface area contributed by atoms with Crippen molar-refractivity contribution in [2.24, 2.45) is 0 Å². The zero-order valence-corrected chi connectivity index (χ0v) is 12.5. The van der Waals surface area contributed by atoms with E-state index in [0.717, 1.165) is 27.3 Å². The van der Waals surface area contributed by atoms with Gasteiger partial charge in [0.05, 0.1) is 0 Å². The summed E-state index contributed by atoms with van der Waals surface area (Å²) in [7, 11) is 0.